The van der Waals surface area contributed by atoms with E-state index in [0.717, 1.165) is 5.56 Å². The molecule has 1 fully saturated rings. The molecule has 2 heteroatoms. The lowest BCUT2D eigenvalue weighted by molar-refractivity contribution is 0.350. The molecule has 0 saturated heterocycles. The summed E-state index contributed by atoms with van der Waals surface area (Å²) in [4.78, 5) is 0. The molecule has 0 aliphatic heterocycles. The van der Waals surface area contributed by atoms with E-state index in [1.165, 1.54) is 37.8 Å². The van der Waals surface area contributed by atoms with E-state index in [1.54, 1.807) is 0 Å². The van der Waals surface area contributed by atoms with Gasteiger partial charge >= 0.3 is 0 Å². The third-order valence-corrected chi connectivity index (χ3v) is 3.15. The highest BCUT2D eigenvalue weighted by Crippen LogP contribution is 2.29. The van der Waals surface area contributed by atoms with Crippen LogP contribution in [0.1, 0.15) is 49.4 Å². The molecule has 1 heterocycles. The summed E-state index contributed by atoms with van der Waals surface area (Å²) in [5.41, 5.74) is 2.03. The Bertz CT molecular complexity index is 351. The fourth-order valence-corrected chi connectivity index (χ4v) is 2.40. The fraction of sp³-hybridized carbons (Fsp3) is 0.583. The summed E-state index contributed by atoms with van der Waals surface area (Å²) in [6, 6.07) is 4.83. The van der Waals surface area contributed by atoms with E-state index in [4.69, 9.17) is 5.26 Å². The highest BCUT2D eigenvalue weighted by Gasteiger charge is 2.16. The Morgan fingerprint density at radius 3 is 2.64 bits per heavy atom. The molecular formula is C12H16N2. The van der Waals surface area contributed by atoms with Gasteiger partial charge in [-0.2, -0.15) is 5.26 Å². The molecule has 14 heavy (non-hydrogen) atoms. The van der Waals surface area contributed by atoms with Gasteiger partial charge in [0.25, 0.3) is 0 Å². The zero-order valence-corrected chi connectivity index (χ0v) is 8.66. The summed E-state index contributed by atoms with van der Waals surface area (Å²) < 4.78 is 2.29. The molecule has 0 unspecified atom stereocenters. The lowest BCUT2D eigenvalue weighted by Crippen LogP contribution is -2.12. The maximum Gasteiger partial charge on any atom is 0.101 e. The lowest BCUT2D eigenvalue weighted by atomic mass is 9.95. The van der Waals surface area contributed by atoms with Gasteiger partial charge in [0.2, 0.25) is 0 Å². The Morgan fingerprint density at radius 1 is 1.36 bits per heavy atom. The second kappa shape index (κ2) is 3.88. The average Bonchev–Trinajstić information content (AvgIpc) is 2.61. The molecule has 0 amide bonds. The number of hydrogen-bond acceptors (Lipinski definition) is 1. The molecule has 1 aromatic rings. The minimum absolute atomic E-state index is 0.644. The summed E-state index contributed by atoms with van der Waals surface area (Å²) >= 11 is 0. The van der Waals surface area contributed by atoms with Gasteiger partial charge in [-0.25, -0.2) is 0 Å². The first-order chi connectivity index (χ1) is 6.81. The molecule has 0 aromatic carbocycles. The van der Waals surface area contributed by atoms with Crippen LogP contribution in [0.4, 0.5) is 0 Å². The van der Waals surface area contributed by atoms with Crippen molar-refractivity contribution in [3.8, 4) is 6.07 Å². The molecule has 0 radical (unpaired) electrons. The van der Waals surface area contributed by atoms with Gasteiger partial charge < -0.3 is 4.57 Å². The van der Waals surface area contributed by atoms with E-state index in [1.807, 2.05) is 12.3 Å². The quantitative estimate of drug-likeness (QED) is 0.665. The molecule has 0 atom stereocenters. The van der Waals surface area contributed by atoms with Crippen LogP contribution in [0.3, 0.4) is 0 Å². The zero-order chi connectivity index (χ0) is 9.97. The van der Waals surface area contributed by atoms with Crippen LogP contribution in [-0.2, 0) is 0 Å². The maximum atomic E-state index is 8.81. The SMILES string of the molecule is Cc1cc(C#N)cn1C1CCCCC1. The van der Waals surface area contributed by atoms with Gasteiger partial charge in [0.1, 0.15) is 6.07 Å². The second-order valence-electron chi connectivity index (χ2n) is 4.18. The molecule has 0 bridgehead atoms. The van der Waals surface area contributed by atoms with Crippen molar-refractivity contribution < 1.29 is 0 Å². The van der Waals surface area contributed by atoms with Crippen LogP contribution in [0, 0.1) is 18.3 Å². The summed E-state index contributed by atoms with van der Waals surface area (Å²) in [7, 11) is 0. The van der Waals surface area contributed by atoms with E-state index >= 15 is 0 Å². The minimum Gasteiger partial charge on any atom is -0.347 e. The standard InChI is InChI=1S/C12H16N2/c1-10-7-11(8-13)9-14(10)12-5-3-2-4-6-12/h7,9,12H,2-6H2,1H3. The van der Waals surface area contributed by atoms with Crippen LogP contribution in [0.5, 0.6) is 0 Å². The third kappa shape index (κ3) is 1.68. The van der Waals surface area contributed by atoms with E-state index in [9.17, 15) is 0 Å². The molecule has 74 valence electrons. The average molecular weight is 188 g/mol. The monoisotopic (exact) mass is 188 g/mol. The Balaban J connectivity index is 2.22. The fourth-order valence-electron chi connectivity index (χ4n) is 2.40. The number of nitrogens with zero attached hydrogens (tertiary/aromatic N) is 2. The summed E-state index contributed by atoms with van der Waals surface area (Å²) in [5, 5.41) is 8.81. The first-order valence-corrected chi connectivity index (χ1v) is 5.40. The largest absolute Gasteiger partial charge is 0.347 e. The van der Waals surface area contributed by atoms with Crippen molar-refractivity contribution in [3.05, 3.63) is 23.5 Å². The Kier molecular flexibility index (Phi) is 2.58. The van der Waals surface area contributed by atoms with Crippen molar-refractivity contribution in [2.24, 2.45) is 0 Å². The van der Waals surface area contributed by atoms with Crippen LogP contribution in [0.2, 0.25) is 0 Å². The molecule has 1 saturated carbocycles. The van der Waals surface area contributed by atoms with Crippen LogP contribution < -0.4 is 0 Å². The molecule has 2 nitrogen and oxygen atoms in total. The normalized spacial score (nSPS) is 18.0. The highest BCUT2D eigenvalue weighted by molar-refractivity contribution is 5.30. The van der Waals surface area contributed by atoms with Crippen LogP contribution in [0.25, 0.3) is 0 Å². The van der Waals surface area contributed by atoms with Gasteiger partial charge in [0, 0.05) is 17.9 Å². The Morgan fingerprint density at radius 2 is 2.07 bits per heavy atom. The van der Waals surface area contributed by atoms with E-state index in [0.29, 0.717) is 6.04 Å². The van der Waals surface area contributed by atoms with Crippen LogP contribution >= 0.6 is 0 Å². The predicted molar refractivity (Wildman–Crippen MR) is 56.0 cm³/mol. The van der Waals surface area contributed by atoms with Gasteiger partial charge in [0.15, 0.2) is 0 Å². The smallest absolute Gasteiger partial charge is 0.101 e. The van der Waals surface area contributed by atoms with Crippen molar-refractivity contribution >= 4 is 0 Å². The molecule has 1 aliphatic rings. The van der Waals surface area contributed by atoms with Gasteiger partial charge in [0.05, 0.1) is 5.56 Å². The van der Waals surface area contributed by atoms with Gasteiger partial charge in [-0.05, 0) is 25.8 Å². The topological polar surface area (TPSA) is 28.7 Å². The number of rotatable bonds is 1. The summed E-state index contributed by atoms with van der Waals surface area (Å²) in [5.74, 6) is 0. The van der Waals surface area contributed by atoms with Gasteiger partial charge in [-0.15, -0.1) is 0 Å². The molecule has 1 aromatic heterocycles. The molecular weight excluding hydrogens is 172 g/mol. The molecule has 0 spiro atoms. The molecule has 2 rings (SSSR count). The minimum atomic E-state index is 0.644. The Labute approximate surface area is 85.2 Å². The summed E-state index contributed by atoms with van der Waals surface area (Å²) in [6.45, 7) is 2.09. The van der Waals surface area contributed by atoms with E-state index in [-0.39, 0.29) is 0 Å². The molecule has 0 N–H and O–H groups in total. The zero-order valence-electron chi connectivity index (χ0n) is 8.66. The van der Waals surface area contributed by atoms with Crippen LogP contribution in [0.15, 0.2) is 12.3 Å². The van der Waals surface area contributed by atoms with Crippen molar-refractivity contribution in [2.45, 2.75) is 45.1 Å². The van der Waals surface area contributed by atoms with Crippen molar-refractivity contribution in [3.63, 3.8) is 0 Å². The first kappa shape index (κ1) is 9.33. The van der Waals surface area contributed by atoms with Crippen molar-refractivity contribution in [1.29, 1.82) is 5.26 Å². The maximum absolute atomic E-state index is 8.81. The number of hydrogen-bond donors (Lipinski definition) is 0. The summed E-state index contributed by atoms with van der Waals surface area (Å²) in [6.07, 6.45) is 8.61. The number of aromatic nitrogens is 1. The third-order valence-electron chi connectivity index (χ3n) is 3.15. The van der Waals surface area contributed by atoms with Gasteiger partial charge in [-0.3, -0.25) is 0 Å². The van der Waals surface area contributed by atoms with Gasteiger partial charge in [-0.1, -0.05) is 19.3 Å². The second-order valence-corrected chi connectivity index (χ2v) is 4.18. The Hall–Kier alpha value is -1.23. The number of nitriles is 1. The van der Waals surface area contributed by atoms with Crippen molar-refractivity contribution in [1.82, 2.24) is 4.57 Å². The number of aryl methyl sites for hydroxylation is 1. The predicted octanol–water partition coefficient (Wildman–Crippen LogP) is 3.17. The highest BCUT2D eigenvalue weighted by atomic mass is 15.0. The van der Waals surface area contributed by atoms with Crippen molar-refractivity contribution in [2.75, 3.05) is 0 Å². The lowest BCUT2D eigenvalue weighted by Gasteiger charge is -2.24. The molecule has 1 aliphatic carbocycles. The van der Waals surface area contributed by atoms with E-state index < -0.39 is 0 Å². The van der Waals surface area contributed by atoms with E-state index in [2.05, 4.69) is 17.6 Å². The first-order valence-electron chi connectivity index (χ1n) is 5.40. The van der Waals surface area contributed by atoms with Crippen LogP contribution in [-0.4, -0.2) is 4.57 Å².